The summed E-state index contributed by atoms with van der Waals surface area (Å²) >= 11 is 6.02. The number of aromatic amines is 1. The maximum Gasteiger partial charge on any atom is 0.414 e. The highest BCUT2D eigenvalue weighted by atomic mass is 35.5. The Bertz CT molecular complexity index is 1130. The lowest BCUT2D eigenvalue weighted by atomic mass is 10.1. The van der Waals surface area contributed by atoms with E-state index in [4.69, 9.17) is 16.3 Å². The third-order valence-corrected chi connectivity index (χ3v) is 4.81. The highest BCUT2D eigenvalue weighted by molar-refractivity contribution is 6.31. The maximum absolute atomic E-state index is 14.9. The molecule has 1 saturated heterocycles. The van der Waals surface area contributed by atoms with Crippen molar-refractivity contribution in [3.63, 3.8) is 0 Å². The molecule has 4 rings (SSSR count). The van der Waals surface area contributed by atoms with E-state index in [9.17, 15) is 14.0 Å². The van der Waals surface area contributed by atoms with Crippen molar-refractivity contribution < 1.29 is 13.9 Å². The largest absolute Gasteiger partial charge is 0.447 e. The Kier molecular flexibility index (Phi) is 4.64. The molecule has 0 radical (unpaired) electrons. The molecule has 2 N–H and O–H groups in total. The molecule has 1 fully saturated rings. The van der Waals surface area contributed by atoms with E-state index in [0.29, 0.717) is 16.1 Å². The number of aromatic nitrogens is 2. The zero-order valence-electron chi connectivity index (χ0n) is 14.8. The minimum absolute atomic E-state index is 0.0599. The number of carbonyl (C=O) groups excluding carboxylic acids is 1. The summed E-state index contributed by atoms with van der Waals surface area (Å²) in [5.41, 5.74) is 0.840. The summed E-state index contributed by atoms with van der Waals surface area (Å²) in [7, 11) is 0. The quantitative estimate of drug-likeness (QED) is 0.692. The number of ether oxygens (including phenoxy) is 1. The van der Waals surface area contributed by atoms with Gasteiger partial charge < -0.3 is 15.0 Å². The number of benzene rings is 1. The minimum Gasteiger partial charge on any atom is -0.447 e. The topological polar surface area (TPSA) is 87.3 Å². The number of halogens is 2. The average molecular weight is 403 g/mol. The fourth-order valence-corrected chi connectivity index (χ4v) is 3.33. The summed E-state index contributed by atoms with van der Waals surface area (Å²) in [5.74, 6) is -0.747. The van der Waals surface area contributed by atoms with Gasteiger partial charge in [0, 0.05) is 27.7 Å². The van der Waals surface area contributed by atoms with Gasteiger partial charge in [0.1, 0.15) is 6.61 Å². The van der Waals surface area contributed by atoms with Crippen LogP contribution in [0.5, 0.6) is 0 Å². The van der Waals surface area contributed by atoms with Crippen molar-refractivity contribution >= 4 is 40.1 Å². The van der Waals surface area contributed by atoms with Gasteiger partial charge in [-0.15, -0.1) is 0 Å². The van der Waals surface area contributed by atoms with Crippen molar-refractivity contribution in [2.24, 2.45) is 0 Å². The van der Waals surface area contributed by atoms with Crippen LogP contribution < -0.4 is 15.8 Å². The normalized spacial score (nSPS) is 15.0. The van der Waals surface area contributed by atoms with E-state index in [2.05, 4.69) is 15.3 Å². The Labute approximate surface area is 164 Å². The maximum atomic E-state index is 14.9. The molecule has 2 aromatic heterocycles. The molecule has 0 aliphatic carbocycles. The molecule has 3 aromatic rings. The van der Waals surface area contributed by atoms with Crippen LogP contribution >= 0.6 is 11.6 Å². The Morgan fingerprint density at radius 1 is 1.32 bits per heavy atom. The minimum atomic E-state index is -0.687. The van der Waals surface area contributed by atoms with Gasteiger partial charge in [0.05, 0.1) is 18.3 Å². The number of H-pyrrole nitrogens is 1. The van der Waals surface area contributed by atoms with E-state index in [0.717, 1.165) is 5.39 Å². The second-order valence-corrected chi connectivity index (χ2v) is 6.85. The predicted octanol–water partition coefficient (Wildman–Crippen LogP) is 3.85. The van der Waals surface area contributed by atoms with Crippen LogP contribution in [0.15, 0.2) is 41.3 Å². The highest BCUT2D eigenvalue weighted by Crippen LogP contribution is 2.28. The van der Waals surface area contributed by atoms with Crippen molar-refractivity contribution in [1.29, 1.82) is 0 Å². The monoisotopic (exact) mass is 402 g/mol. The number of amides is 1. The molecule has 7 nitrogen and oxygen atoms in total. The van der Waals surface area contributed by atoms with Crippen molar-refractivity contribution in [3.05, 3.63) is 63.3 Å². The number of anilines is 2. The molecule has 0 saturated carbocycles. The van der Waals surface area contributed by atoms with Crippen molar-refractivity contribution in [1.82, 2.24) is 9.97 Å². The first-order valence-corrected chi connectivity index (χ1v) is 8.99. The summed E-state index contributed by atoms with van der Waals surface area (Å²) in [6.07, 6.45) is 0.788. The lowest BCUT2D eigenvalue weighted by Crippen LogP contribution is -2.25. The number of hydrogen-bond acceptors (Lipinski definition) is 5. The lowest BCUT2D eigenvalue weighted by Gasteiger charge is -2.18. The van der Waals surface area contributed by atoms with Gasteiger partial charge in [-0.05, 0) is 37.3 Å². The molecule has 0 bridgehead atoms. The third-order valence-electron chi connectivity index (χ3n) is 4.58. The summed E-state index contributed by atoms with van der Waals surface area (Å²) in [4.78, 5) is 32.2. The molecule has 1 aliphatic rings. The van der Waals surface area contributed by atoms with Crippen LogP contribution in [0.4, 0.5) is 20.7 Å². The van der Waals surface area contributed by atoms with Crippen LogP contribution in [-0.2, 0) is 4.74 Å². The van der Waals surface area contributed by atoms with Crippen molar-refractivity contribution in [2.75, 3.05) is 23.4 Å². The van der Waals surface area contributed by atoms with Crippen molar-refractivity contribution in [3.8, 4) is 0 Å². The molecule has 1 aliphatic heterocycles. The first-order chi connectivity index (χ1) is 13.4. The van der Waals surface area contributed by atoms with Crippen LogP contribution in [0.1, 0.15) is 18.5 Å². The second-order valence-electron chi connectivity index (χ2n) is 6.41. The number of nitrogens with one attached hydrogen (secondary N) is 2. The molecular formula is C19H16ClFN4O3. The number of nitrogens with zero attached hydrogens (tertiary/aromatic N) is 2. The molecule has 0 spiro atoms. The molecule has 1 aromatic carbocycles. The fraction of sp³-hybridized carbons (Fsp3) is 0.211. The van der Waals surface area contributed by atoms with E-state index >= 15 is 0 Å². The smallest absolute Gasteiger partial charge is 0.414 e. The van der Waals surface area contributed by atoms with E-state index in [1.165, 1.54) is 17.2 Å². The van der Waals surface area contributed by atoms with Crippen LogP contribution in [0.2, 0.25) is 5.02 Å². The number of pyridine rings is 2. The fourth-order valence-electron chi connectivity index (χ4n) is 3.15. The van der Waals surface area contributed by atoms with Crippen LogP contribution in [0.25, 0.3) is 10.9 Å². The van der Waals surface area contributed by atoms with E-state index in [1.807, 2.05) is 0 Å². The van der Waals surface area contributed by atoms with E-state index in [-0.39, 0.29) is 30.2 Å². The van der Waals surface area contributed by atoms with Crippen LogP contribution in [-0.4, -0.2) is 29.2 Å². The molecule has 1 amide bonds. The van der Waals surface area contributed by atoms with Crippen molar-refractivity contribution in [2.45, 2.75) is 13.0 Å². The molecule has 9 heteroatoms. The summed E-state index contributed by atoms with van der Waals surface area (Å²) in [6, 6.07) is 7.72. The molecule has 0 unspecified atom stereocenters. The standard InChI is InChI=1S/C19H16ClFN4O3/c1-10(13-9-11-8-12(20)2-3-14(11)24-18(13)26)23-17-16(21)15(4-5-22-17)25-6-7-28-19(25)27/h2-5,8-10H,6-7H2,1H3,(H,22,23)(H,24,26)/t10-/m0/s1. The van der Waals surface area contributed by atoms with Gasteiger partial charge in [0.15, 0.2) is 11.6 Å². The third kappa shape index (κ3) is 3.27. The first kappa shape index (κ1) is 18.2. The van der Waals surface area contributed by atoms with E-state index < -0.39 is 18.0 Å². The molecule has 28 heavy (non-hydrogen) atoms. The number of fused-ring (bicyclic) bond motifs is 1. The van der Waals surface area contributed by atoms with Gasteiger partial charge in [-0.3, -0.25) is 9.69 Å². The molecular weight excluding hydrogens is 387 g/mol. The summed E-state index contributed by atoms with van der Waals surface area (Å²) in [5, 5.41) is 4.21. The number of rotatable bonds is 4. The molecule has 3 heterocycles. The van der Waals surface area contributed by atoms with Crippen LogP contribution in [0, 0.1) is 5.82 Å². The predicted molar refractivity (Wildman–Crippen MR) is 105 cm³/mol. The summed E-state index contributed by atoms with van der Waals surface area (Å²) in [6.45, 7) is 2.19. The Morgan fingerprint density at radius 2 is 2.14 bits per heavy atom. The number of hydrogen-bond donors (Lipinski definition) is 2. The molecule has 1 atom stereocenters. The number of carbonyl (C=O) groups is 1. The van der Waals surface area contributed by atoms with Gasteiger partial charge in [-0.1, -0.05) is 11.6 Å². The zero-order chi connectivity index (χ0) is 19.8. The van der Waals surface area contributed by atoms with Crippen LogP contribution in [0.3, 0.4) is 0 Å². The molecule has 144 valence electrons. The summed E-state index contributed by atoms with van der Waals surface area (Å²) < 4.78 is 19.8. The Morgan fingerprint density at radius 3 is 2.89 bits per heavy atom. The van der Waals surface area contributed by atoms with Gasteiger partial charge in [0.25, 0.3) is 5.56 Å². The SMILES string of the molecule is C[C@H](Nc1nccc(N2CCOC2=O)c1F)c1cc2cc(Cl)ccc2[nH]c1=O. The number of cyclic esters (lactones) is 1. The lowest BCUT2D eigenvalue weighted by molar-refractivity contribution is 0.181. The first-order valence-electron chi connectivity index (χ1n) is 8.62. The van der Waals surface area contributed by atoms with Gasteiger partial charge in [-0.2, -0.15) is 0 Å². The zero-order valence-corrected chi connectivity index (χ0v) is 15.6. The average Bonchev–Trinajstić information content (AvgIpc) is 3.09. The Hall–Kier alpha value is -3.13. The van der Waals surface area contributed by atoms with Gasteiger partial charge >= 0.3 is 6.09 Å². The highest BCUT2D eigenvalue weighted by Gasteiger charge is 2.28. The van der Waals surface area contributed by atoms with Gasteiger partial charge in [-0.25, -0.2) is 14.2 Å². The van der Waals surface area contributed by atoms with Gasteiger partial charge in [0.2, 0.25) is 0 Å². The Balaban J connectivity index is 1.66. The van der Waals surface area contributed by atoms with E-state index in [1.54, 1.807) is 31.2 Å². The second kappa shape index (κ2) is 7.12.